The predicted octanol–water partition coefficient (Wildman–Crippen LogP) is 0.273. The van der Waals surface area contributed by atoms with Crippen LogP contribution in [-0.2, 0) is 7.05 Å². The molecule has 1 fully saturated rings. The van der Waals surface area contributed by atoms with Crippen LogP contribution < -0.4 is 5.32 Å². The highest BCUT2D eigenvalue weighted by Gasteiger charge is 2.21. The second kappa shape index (κ2) is 4.71. The van der Waals surface area contributed by atoms with Gasteiger partial charge in [-0.25, -0.2) is 0 Å². The number of aromatic nitrogens is 1. The average molecular weight is 235 g/mol. The van der Waals surface area contributed by atoms with Crippen LogP contribution in [0.1, 0.15) is 27.8 Å². The largest absolute Gasteiger partial charge is 0.346 e. The molecular weight excluding hydrogens is 218 g/mol. The fourth-order valence-electron chi connectivity index (χ4n) is 2.00. The topological polar surface area (TPSA) is 54.3 Å². The van der Waals surface area contributed by atoms with Gasteiger partial charge in [0, 0.05) is 45.0 Å². The van der Waals surface area contributed by atoms with Crippen molar-refractivity contribution in [3.63, 3.8) is 0 Å². The minimum absolute atomic E-state index is 0.00139. The molecule has 2 heterocycles. The van der Waals surface area contributed by atoms with Gasteiger partial charge in [0.25, 0.3) is 5.91 Å². The lowest BCUT2D eigenvalue weighted by Gasteiger charge is -2.27. The van der Waals surface area contributed by atoms with Crippen LogP contribution >= 0.6 is 0 Å². The van der Waals surface area contributed by atoms with E-state index in [9.17, 15) is 9.59 Å². The van der Waals surface area contributed by atoms with Crippen molar-refractivity contribution in [2.24, 2.45) is 7.05 Å². The van der Waals surface area contributed by atoms with Gasteiger partial charge in [-0.15, -0.1) is 0 Å². The lowest BCUT2D eigenvalue weighted by atomic mass is 10.2. The first-order valence-corrected chi connectivity index (χ1v) is 5.77. The number of hydrogen-bond acceptors (Lipinski definition) is 3. The first-order chi connectivity index (χ1) is 8.09. The lowest BCUT2D eigenvalue weighted by Crippen LogP contribution is -2.46. The van der Waals surface area contributed by atoms with Crippen LogP contribution in [0.25, 0.3) is 0 Å². The molecule has 1 aromatic rings. The summed E-state index contributed by atoms with van der Waals surface area (Å²) in [7, 11) is 1.79. The molecule has 0 atom stereocenters. The first-order valence-electron chi connectivity index (χ1n) is 5.77. The third kappa shape index (κ3) is 2.39. The predicted molar refractivity (Wildman–Crippen MR) is 64.2 cm³/mol. The molecule has 0 bridgehead atoms. The second-order valence-electron chi connectivity index (χ2n) is 4.32. The Balaban J connectivity index is 2.20. The van der Waals surface area contributed by atoms with E-state index in [1.54, 1.807) is 23.9 Å². The van der Waals surface area contributed by atoms with E-state index < -0.39 is 0 Å². The van der Waals surface area contributed by atoms with Gasteiger partial charge in [0.05, 0.1) is 0 Å². The van der Waals surface area contributed by atoms with Crippen molar-refractivity contribution in [1.29, 1.82) is 0 Å². The molecule has 0 aliphatic carbocycles. The van der Waals surface area contributed by atoms with E-state index in [0.717, 1.165) is 26.2 Å². The smallest absolute Gasteiger partial charge is 0.270 e. The summed E-state index contributed by atoms with van der Waals surface area (Å²) < 4.78 is 1.72. The number of ketones is 1. The maximum atomic E-state index is 12.2. The molecule has 17 heavy (non-hydrogen) atoms. The van der Waals surface area contributed by atoms with Gasteiger partial charge < -0.3 is 14.8 Å². The van der Waals surface area contributed by atoms with Crippen molar-refractivity contribution in [3.05, 3.63) is 23.5 Å². The van der Waals surface area contributed by atoms with Crippen molar-refractivity contribution in [1.82, 2.24) is 14.8 Å². The Morgan fingerprint density at radius 3 is 2.47 bits per heavy atom. The maximum absolute atomic E-state index is 12.2. The maximum Gasteiger partial charge on any atom is 0.270 e. The van der Waals surface area contributed by atoms with Crippen LogP contribution in [0.2, 0.25) is 0 Å². The third-order valence-corrected chi connectivity index (χ3v) is 3.03. The molecule has 5 heteroatoms. The number of carbonyl (C=O) groups is 2. The molecule has 0 radical (unpaired) electrons. The quantitative estimate of drug-likeness (QED) is 0.749. The molecule has 1 aliphatic rings. The summed E-state index contributed by atoms with van der Waals surface area (Å²) in [6.07, 6.45) is 1.71. The Kier molecular flexibility index (Phi) is 3.28. The number of rotatable bonds is 2. The highest BCUT2D eigenvalue weighted by Crippen LogP contribution is 2.11. The number of nitrogens with zero attached hydrogens (tertiary/aromatic N) is 2. The van der Waals surface area contributed by atoms with Gasteiger partial charge in [0.2, 0.25) is 0 Å². The van der Waals surface area contributed by atoms with Gasteiger partial charge in [-0.05, 0) is 13.0 Å². The highest BCUT2D eigenvalue weighted by molar-refractivity contribution is 5.99. The van der Waals surface area contributed by atoms with E-state index in [0.29, 0.717) is 11.3 Å². The minimum atomic E-state index is -0.0139. The zero-order chi connectivity index (χ0) is 12.4. The van der Waals surface area contributed by atoms with Gasteiger partial charge in [0.1, 0.15) is 5.69 Å². The first kappa shape index (κ1) is 11.9. The fourth-order valence-corrected chi connectivity index (χ4v) is 2.00. The number of piperazine rings is 1. The second-order valence-corrected chi connectivity index (χ2v) is 4.32. The van der Waals surface area contributed by atoms with Crippen molar-refractivity contribution >= 4 is 11.7 Å². The highest BCUT2D eigenvalue weighted by atomic mass is 16.2. The Morgan fingerprint density at radius 1 is 1.29 bits per heavy atom. The van der Waals surface area contributed by atoms with Gasteiger partial charge in [0.15, 0.2) is 5.78 Å². The van der Waals surface area contributed by atoms with E-state index in [-0.39, 0.29) is 11.7 Å². The van der Waals surface area contributed by atoms with E-state index >= 15 is 0 Å². The summed E-state index contributed by atoms with van der Waals surface area (Å²) >= 11 is 0. The average Bonchev–Trinajstić information content (AvgIpc) is 2.72. The van der Waals surface area contributed by atoms with Gasteiger partial charge in [-0.1, -0.05) is 0 Å². The third-order valence-electron chi connectivity index (χ3n) is 3.03. The van der Waals surface area contributed by atoms with Crippen LogP contribution in [-0.4, -0.2) is 47.3 Å². The minimum Gasteiger partial charge on any atom is -0.346 e. The normalized spacial score (nSPS) is 16.0. The molecular formula is C12H17N3O2. The zero-order valence-corrected chi connectivity index (χ0v) is 10.2. The summed E-state index contributed by atoms with van der Waals surface area (Å²) in [5.41, 5.74) is 1.17. The summed E-state index contributed by atoms with van der Waals surface area (Å²) in [5, 5.41) is 3.20. The number of Topliss-reactive ketones (excluding diaryl/α,β-unsaturated/α-hetero) is 1. The fraction of sp³-hybridized carbons (Fsp3) is 0.500. The van der Waals surface area contributed by atoms with Crippen molar-refractivity contribution in [3.8, 4) is 0 Å². The Bertz CT molecular complexity index is 445. The monoisotopic (exact) mass is 235 g/mol. The van der Waals surface area contributed by atoms with Gasteiger partial charge >= 0.3 is 0 Å². The summed E-state index contributed by atoms with van der Waals surface area (Å²) in [4.78, 5) is 25.3. The molecule has 5 nitrogen and oxygen atoms in total. The van der Waals surface area contributed by atoms with Crippen LogP contribution in [0.15, 0.2) is 12.3 Å². The van der Waals surface area contributed by atoms with Crippen molar-refractivity contribution < 1.29 is 9.59 Å². The van der Waals surface area contributed by atoms with E-state index in [2.05, 4.69) is 5.32 Å². The SMILES string of the molecule is CC(=O)c1cc(C(=O)N2CCNCC2)n(C)c1. The molecule has 1 N–H and O–H groups in total. The summed E-state index contributed by atoms with van der Waals surface area (Å²) in [5.74, 6) is -0.0125. The molecule has 1 saturated heterocycles. The molecule has 0 unspecified atom stereocenters. The molecule has 0 aromatic carbocycles. The summed E-state index contributed by atoms with van der Waals surface area (Å²) in [6, 6.07) is 1.67. The number of nitrogens with one attached hydrogen (secondary N) is 1. The Morgan fingerprint density at radius 2 is 1.94 bits per heavy atom. The van der Waals surface area contributed by atoms with Gasteiger partial charge in [-0.3, -0.25) is 9.59 Å². The molecule has 1 aromatic heterocycles. The molecule has 1 amide bonds. The lowest BCUT2D eigenvalue weighted by molar-refractivity contribution is 0.0726. The van der Waals surface area contributed by atoms with Crippen LogP contribution in [0.5, 0.6) is 0 Å². The van der Waals surface area contributed by atoms with Crippen molar-refractivity contribution in [2.45, 2.75) is 6.92 Å². The molecule has 2 rings (SSSR count). The summed E-state index contributed by atoms with van der Waals surface area (Å²) in [6.45, 7) is 4.61. The standard InChI is InChI=1S/C12H17N3O2/c1-9(16)10-7-11(14(2)8-10)12(17)15-5-3-13-4-6-15/h7-8,13H,3-6H2,1-2H3. The molecule has 0 saturated carbocycles. The zero-order valence-electron chi connectivity index (χ0n) is 10.2. The van der Waals surface area contributed by atoms with Gasteiger partial charge in [-0.2, -0.15) is 0 Å². The molecule has 0 spiro atoms. The Hall–Kier alpha value is -1.62. The number of carbonyl (C=O) groups excluding carboxylic acids is 2. The molecule has 92 valence electrons. The Labute approximate surface area is 100 Å². The number of hydrogen-bond donors (Lipinski definition) is 1. The van der Waals surface area contributed by atoms with Crippen molar-refractivity contribution in [2.75, 3.05) is 26.2 Å². The van der Waals surface area contributed by atoms with E-state index in [1.807, 2.05) is 4.90 Å². The number of aryl methyl sites for hydroxylation is 1. The molecule has 1 aliphatic heterocycles. The van der Waals surface area contributed by atoms with Crippen LogP contribution in [0.3, 0.4) is 0 Å². The van der Waals surface area contributed by atoms with Crippen LogP contribution in [0, 0.1) is 0 Å². The van der Waals surface area contributed by atoms with E-state index in [4.69, 9.17) is 0 Å². The van der Waals surface area contributed by atoms with Crippen LogP contribution in [0.4, 0.5) is 0 Å². The number of amides is 1. The van der Waals surface area contributed by atoms with E-state index in [1.165, 1.54) is 6.92 Å².